The lowest BCUT2D eigenvalue weighted by Gasteiger charge is -2.12. The molecular formula is C15H11F3N2O. The fourth-order valence-corrected chi connectivity index (χ4v) is 2.21. The Hall–Kier alpha value is -2.34. The summed E-state index contributed by atoms with van der Waals surface area (Å²) >= 11 is 0. The Kier molecular flexibility index (Phi) is 3.39. The molecule has 1 aromatic heterocycles. The Morgan fingerprint density at radius 3 is 2.43 bits per heavy atom. The topological polar surface area (TPSA) is 52.0 Å². The van der Waals surface area contributed by atoms with Crippen LogP contribution in [0.4, 0.5) is 13.2 Å². The van der Waals surface area contributed by atoms with Gasteiger partial charge in [-0.3, -0.25) is 0 Å². The van der Waals surface area contributed by atoms with Crippen molar-refractivity contribution >= 4 is 11.1 Å². The summed E-state index contributed by atoms with van der Waals surface area (Å²) < 4.78 is 45.7. The van der Waals surface area contributed by atoms with Crippen LogP contribution in [0.2, 0.25) is 0 Å². The van der Waals surface area contributed by atoms with Crippen LogP contribution in [0.5, 0.6) is 0 Å². The number of para-hydroxylation sites is 2. The molecule has 3 nitrogen and oxygen atoms in total. The zero-order valence-corrected chi connectivity index (χ0v) is 10.8. The average Bonchev–Trinajstić information content (AvgIpc) is 2.79. The number of nitrogens with two attached hydrogens (primary N) is 1. The van der Waals surface area contributed by atoms with Crippen molar-refractivity contribution in [2.75, 3.05) is 0 Å². The van der Waals surface area contributed by atoms with E-state index in [0.717, 1.165) is 0 Å². The molecule has 0 saturated carbocycles. The van der Waals surface area contributed by atoms with Crippen molar-refractivity contribution in [1.82, 2.24) is 4.98 Å². The minimum atomic E-state index is -1.02. The summed E-state index contributed by atoms with van der Waals surface area (Å²) in [5.74, 6) is -2.75. The maximum atomic E-state index is 13.7. The molecule has 21 heavy (non-hydrogen) atoms. The van der Waals surface area contributed by atoms with Gasteiger partial charge in [-0.1, -0.05) is 12.1 Å². The number of aromatic nitrogens is 1. The highest BCUT2D eigenvalue weighted by Crippen LogP contribution is 2.24. The number of hydrogen-bond acceptors (Lipinski definition) is 3. The van der Waals surface area contributed by atoms with Gasteiger partial charge in [0.1, 0.15) is 23.0 Å². The highest BCUT2D eigenvalue weighted by atomic mass is 19.1. The molecule has 1 heterocycles. The zero-order chi connectivity index (χ0) is 15.0. The van der Waals surface area contributed by atoms with Crippen LogP contribution in [0.3, 0.4) is 0 Å². The summed E-state index contributed by atoms with van der Waals surface area (Å²) in [5, 5.41) is 0. The number of benzene rings is 2. The standard InChI is InChI=1S/C15H11F3N2O/c16-8-5-9(17)15(10(18)6-8)11(19)7-14-20-12-3-1-2-4-13(12)21-14/h1-6,11H,7,19H2. The van der Waals surface area contributed by atoms with Gasteiger partial charge in [0, 0.05) is 30.2 Å². The van der Waals surface area contributed by atoms with Crippen LogP contribution < -0.4 is 5.73 Å². The van der Waals surface area contributed by atoms with E-state index in [1.165, 1.54) is 0 Å². The van der Waals surface area contributed by atoms with Gasteiger partial charge in [-0.15, -0.1) is 0 Å². The minimum Gasteiger partial charge on any atom is -0.441 e. The van der Waals surface area contributed by atoms with Gasteiger partial charge in [-0.05, 0) is 12.1 Å². The van der Waals surface area contributed by atoms with E-state index in [1.54, 1.807) is 24.3 Å². The number of oxazole rings is 1. The Labute approximate surface area is 118 Å². The van der Waals surface area contributed by atoms with E-state index >= 15 is 0 Å². The number of hydrogen-bond donors (Lipinski definition) is 1. The first-order chi connectivity index (χ1) is 10.0. The lowest BCUT2D eigenvalue weighted by molar-refractivity contribution is 0.468. The highest BCUT2D eigenvalue weighted by molar-refractivity contribution is 5.72. The number of nitrogens with zero attached hydrogens (tertiary/aromatic N) is 1. The lowest BCUT2D eigenvalue weighted by Crippen LogP contribution is -2.17. The van der Waals surface area contributed by atoms with E-state index in [2.05, 4.69) is 4.98 Å². The average molecular weight is 292 g/mol. The summed E-state index contributed by atoms with van der Waals surface area (Å²) in [7, 11) is 0. The first-order valence-electron chi connectivity index (χ1n) is 6.29. The molecule has 0 bridgehead atoms. The van der Waals surface area contributed by atoms with Gasteiger partial charge in [0.05, 0.1) is 0 Å². The molecule has 108 valence electrons. The Bertz CT molecular complexity index is 744. The van der Waals surface area contributed by atoms with Crippen molar-refractivity contribution in [3.8, 4) is 0 Å². The second-order valence-electron chi connectivity index (χ2n) is 4.67. The first-order valence-corrected chi connectivity index (χ1v) is 6.29. The molecule has 0 aliphatic carbocycles. The fraction of sp³-hybridized carbons (Fsp3) is 0.133. The number of rotatable bonds is 3. The van der Waals surface area contributed by atoms with Crippen LogP contribution in [-0.4, -0.2) is 4.98 Å². The normalized spacial score (nSPS) is 12.8. The van der Waals surface area contributed by atoms with Gasteiger partial charge in [-0.25, -0.2) is 18.2 Å². The van der Waals surface area contributed by atoms with E-state index < -0.39 is 23.5 Å². The predicted octanol–water partition coefficient (Wildman–Crippen LogP) is 3.49. The van der Waals surface area contributed by atoms with E-state index in [4.69, 9.17) is 10.2 Å². The molecule has 3 aromatic rings. The fourth-order valence-electron chi connectivity index (χ4n) is 2.21. The Morgan fingerprint density at radius 1 is 1.10 bits per heavy atom. The smallest absolute Gasteiger partial charge is 0.197 e. The molecule has 0 aliphatic heterocycles. The Balaban J connectivity index is 1.91. The molecule has 6 heteroatoms. The SMILES string of the molecule is NC(Cc1nc2ccccc2o1)c1c(F)cc(F)cc1F. The largest absolute Gasteiger partial charge is 0.441 e. The molecule has 1 atom stereocenters. The van der Waals surface area contributed by atoms with Gasteiger partial charge in [0.2, 0.25) is 0 Å². The molecule has 1 unspecified atom stereocenters. The van der Waals surface area contributed by atoms with Crippen LogP contribution in [-0.2, 0) is 6.42 Å². The third kappa shape index (κ3) is 2.62. The highest BCUT2D eigenvalue weighted by Gasteiger charge is 2.20. The molecule has 0 amide bonds. The van der Waals surface area contributed by atoms with Crippen molar-refractivity contribution in [3.63, 3.8) is 0 Å². The van der Waals surface area contributed by atoms with Gasteiger partial charge in [-0.2, -0.15) is 0 Å². The van der Waals surface area contributed by atoms with Gasteiger partial charge in [0.15, 0.2) is 11.5 Å². The Morgan fingerprint density at radius 2 is 1.76 bits per heavy atom. The summed E-state index contributed by atoms with van der Waals surface area (Å²) in [6, 6.07) is 7.27. The zero-order valence-electron chi connectivity index (χ0n) is 10.8. The summed E-state index contributed by atoms with van der Waals surface area (Å²) in [4.78, 5) is 4.19. The summed E-state index contributed by atoms with van der Waals surface area (Å²) in [6.07, 6.45) is 0.00809. The molecule has 0 saturated heterocycles. The molecule has 0 radical (unpaired) electrons. The van der Waals surface area contributed by atoms with Crippen LogP contribution in [0.15, 0.2) is 40.8 Å². The molecular weight excluding hydrogens is 281 g/mol. The monoisotopic (exact) mass is 292 g/mol. The van der Waals surface area contributed by atoms with E-state index in [1.807, 2.05) is 0 Å². The van der Waals surface area contributed by atoms with Gasteiger partial charge >= 0.3 is 0 Å². The summed E-state index contributed by atoms with van der Waals surface area (Å²) in [6.45, 7) is 0. The number of halogens is 3. The maximum Gasteiger partial charge on any atom is 0.197 e. The molecule has 0 aliphatic rings. The second kappa shape index (κ2) is 5.21. The molecule has 2 aromatic carbocycles. The lowest BCUT2D eigenvalue weighted by atomic mass is 10.0. The second-order valence-corrected chi connectivity index (χ2v) is 4.67. The van der Waals surface area contributed by atoms with Gasteiger partial charge < -0.3 is 10.2 Å². The molecule has 0 fully saturated rings. The van der Waals surface area contributed by atoms with Crippen molar-refractivity contribution in [2.45, 2.75) is 12.5 Å². The summed E-state index contributed by atoms with van der Waals surface area (Å²) in [5.41, 5.74) is 6.63. The van der Waals surface area contributed by atoms with Crippen molar-refractivity contribution in [1.29, 1.82) is 0 Å². The third-order valence-electron chi connectivity index (χ3n) is 3.15. The van der Waals surface area contributed by atoms with Crippen molar-refractivity contribution in [2.24, 2.45) is 5.73 Å². The molecule has 0 spiro atoms. The van der Waals surface area contributed by atoms with Crippen LogP contribution in [0.1, 0.15) is 17.5 Å². The molecule has 3 rings (SSSR count). The van der Waals surface area contributed by atoms with Crippen molar-refractivity contribution in [3.05, 3.63) is 65.3 Å². The maximum absolute atomic E-state index is 13.7. The van der Waals surface area contributed by atoms with Gasteiger partial charge in [0.25, 0.3) is 0 Å². The quantitative estimate of drug-likeness (QED) is 0.804. The number of fused-ring (bicyclic) bond motifs is 1. The van der Waals surface area contributed by atoms with E-state index in [-0.39, 0.29) is 17.9 Å². The van der Waals surface area contributed by atoms with Crippen LogP contribution >= 0.6 is 0 Å². The predicted molar refractivity (Wildman–Crippen MR) is 71.0 cm³/mol. The van der Waals surface area contributed by atoms with Crippen molar-refractivity contribution < 1.29 is 17.6 Å². The third-order valence-corrected chi connectivity index (χ3v) is 3.15. The van der Waals surface area contributed by atoms with E-state index in [0.29, 0.717) is 23.2 Å². The van der Waals surface area contributed by atoms with Crippen LogP contribution in [0, 0.1) is 17.5 Å². The first kappa shape index (κ1) is 13.6. The minimum absolute atomic E-state index is 0.00809. The molecule has 2 N–H and O–H groups in total. The van der Waals surface area contributed by atoms with Crippen LogP contribution in [0.25, 0.3) is 11.1 Å². The van der Waals surface area contributed by atoms with E-state index in [9.17, 15) is 13.2 Å².